The molecule has 0 aromatic carbocycles. The Bertz CT molecular complexity index is 1230. The normalized spacial score (nSPS) is 19.4. The molecule has 4 heterocycles. The summed E-state index contributed by atoms with van der Waals surface area (Å²) >= 11 is 0. The van der Waals surface area contributed by atoms with Gasteiger partial charge in [0.1, 0.15) is 11.3 Å². The molecule has 4 rings (SSSR count). The maximum atomic E-state index is 13.7. The van der Waals surface area contributed by atoms with E-state index in [-0.39, 0.29) is 74.6 Å². The van der Waals surface area contributed by atoms with Gasteiger partial charge >= 0.3 is 6.18 Å². The van der Waals surface area contributed by atoms with Gasteiger partial charge in [-0.05, 0) is 26.7 Å². The summed E-state index contributed by atoms with van der Waals surface area (Å²) in [6.07, 6.45) is -0.0882. The molecule has 2 aliphatic rings. The molecular weight excluding hydrogens is 515 g/mol. The average Bonchev–Trinajstić information content (AvgIpc) is 3.26. The Hall–Kier alpha value is -2.62. The van der Waals surface area contributed by atoms with Gasteiger partial charge in [-0.3, -0.25) is 9.48 Å². The number of ketones is 1. The largest absolute Gasteiger partial charge is 0.419 e. The van der Waals surface area contributed by atoms with E-state index < -0.39 is 27.6 Å². The Labute approximate surface area is 212 Å². The van der Waals surface area contributed by atoms with Crippen LogP contribution in [-0.2, 0) is 27.7 Å². The smallest absolute Gasteiger partial charge is 0.389 e. The zero-order chi connectivity index (χ0) is 27.0. The zero-order valence-corrected chi connectivity index (χ0v) is 21.4. The standard InChI is InChI=1S/C22H30F3N7O4S/c1-21(2,34)14-30-13-15(11-27-30)19-18(22(23,24)25)12-26-20(29-19)28-16-3-7-31(8-4-16)37(35,36)32-9-5-17(33)6-10-32/h11-13,16,34H,3-10,14H2,1-2H3,(H,26,28,29). The summed E-state index contributed by atoms with van der Waals surface area (Å²) < 4.78 is 70.9. The van der Waals surface area contributed by atoms with Crippen molar-refractivity contribution in [3.8, 4) is 11.3 Å². The Morgan fingerprint density at radius 3 is 2.30 bits per heavy atom. The molecule has 0 spiro atoms. The Morgan fingerprint density at radius 2 is 1.70 bits per heavy atom. The van der Waals surface area contributed by atoms with E-state index in [1.165, 1.54) is 25.7 Å². The van der Waals surface area contributed by atoms with Gasteiger partial charge in [0, 0.05) is 63.0 Å². The number of hydrogen-bond donors (Lipinski definition) is 2. The van der Waals surface area contributed by atoms with Crippen LogP contribution >= 0.6 is 0 Å². The van der Waals surface area contributed by atoms with Gasteiger partial charge in [-0.1, -0.05) is 0 Å². The summed E-state index contributed by atoms with van der Waals surface area (Å²) in [4.78, 5) is 19.4. The summed E-state index contributed by atoms with van der Waals surface area (Å²) in [5.74, 6) is 0.0453. The van der Waals surface area contributed by atoms with Crippen molar-refractivity contribution in [3.05, 3.63) is 24.2 Å². The molecular formula is C22H30F3N7O4S. The lowest BCUT2D eigenvalue weighted by Crippen LogP contribution is -2.51. The molecule has 0 atom stereocenters. The van der Waals surface area contributed by atoms with Crippen LogP contribution in [0, 0.1) is 0 Å². The molecule has 15 heteroatoms. The highest BCUT2D eigenvalue weighted by Gasteiger charge is 2.37. The summed E-state index contributed by atoms with van der Waals surface area (Å²) in [6.45, 7) is 4.00. The highest BCUT2D eigenvalue weighted by molar-refractivity contribution is 7.86. The van der Waals surface area contributed by atoms with Gasteiger partial charge in [-0.25, -0.2) is 9.97 Å². The zero-order valence-electron chi connectivity index (χ0n) is 20.6. The van der Waals surface area contributed by atoms with Crippen LogP contribution in [0.5, 0.6) is 0 Å². The first-order valence-electron chi connectivity index (χ1n) is 12.0. The monoisotopic (exact) mass is 545 g/mol. The predicted molar refractivity (Wildman–Crippen MR) is 128 cm³/mol. The second-order valence-electron chi connectivity index (χ2n) is 9.96. The van der Waals surface area contributed by atoms with E-state index in [1.807, 2.05) is 0 Å². The van der Waals surface area contributed by atoms with Crippen LogP contribution in [-0.4, -0.2) is 85.5 Å². The quantitative estimate of drug-likeness (QED) is 0.539. The van der Waals surface area contributed by atoms with Crippen LogP contribution < -0.4 is 5.32 Å². The number of anilines is 1. The molecule has 2 aromatic heterocycles. The van der Waals surface area contributed by atoms with E-state index in [0.29, 0.717) is 12.8 Å². The van der Waals surface area contributed by atoms with Crippen LogP contribution in [0.25, 0.3) is 11.3 Å². The van der Waals surface area contributed by atoms with Crippen molar-refractivity contribution in [2.24, 2.45) is 0 Å². The van der Waals surface area contributed by atoms with Crippen LogP contribution in [0.3, 0.4) is 0 Å². The summed E-state index contributed by atoms with van der Waals surface area (Å²) in [5, 5.41) is 17.1. The fourth-order valence-corrected chi connectivity index (χ4v) is 6.03. The number of rotatable bonds is 7. The van der Waals surface area contributed by atoms with Crippen LogP contribution in [0.1, 0.15) is 45.1 Å². The fourth-order valence-electron chi connectivity index (χ4n) is 4.39. The first-order chi connectivity index (χ1) is 17.2. The van der Waals surface area contributed by atoms with Crippen molar-refractivity contribution in [2.45, 2.75) is 63.9 Å². The van der Waals surface area contributed by atoms with Gasteiger partial charge in [-0.15, -0.1) is 0 Å². The van der Waals surface area contributed by atoms with Crippen LogP contribution in [0.2, 0.25) is 0 Å². The van der Waals surface area contributed by atoms with E-state index in [2.05, 4.69) is 20.4 Å². The lowest BCUT2D eigenvalue weighted by Gasteiger charge is -2.36. The second kappa shape index (κ2) is 10.3. The average molecular weight is 546 g/mol. The molecule has 2 fully saturated rings. The Morgan fingerprint density at radius 1 is 1.08 bits per heavy atom. The van der Waals surface area contributed by atoms with Gasteiger partial charge in [0.15, 0.2) is 0 Å². The molecule has 0 aliphatic carbocycles. The van der Waals surface area contributed by atoms with E-state index in [0.717, 1.165) is 6.20 Å². The number of carbonyl (C=O) groups excluding carboxylic acids is 1. The highest BCUT2D eigenvalue weighted by atomic mass is 32.2. The Kier molecular flexibility index (Phi) is 7.61. The molecule has 0 radical (unpaired) electrons. The number of hydrogen-bond acceptors (Lipinski definition) is 8. The molecule has 2 N–H and O–H groups in total. The first kappa shape index (κ1) is 27.4. The topological polar surface area (TPSA) is 134 Å². The molecule has 11 nitrogen and oxygen atoms in total. The molecule has 0 unspecified atom stereocenters. The highest BCUT2D eigenvalue weighted by Crippen LogP contribution is 2.36. The van der Waals surface area contributed by atoms with Crippen molar-refractivity contribution >= 4 is 21.9 Å². The minimum atomic E-state index is -4.69. The van der Waals surface area contributed by atoms with Gasteiger partial charge < -0.3 is 10.4 Å². The number of aromatic nitrogens is 4. The number of nitrogens with one attached hydrogen (secondary N) is 1. The van der Waals surface area contributed by atoms with Gasteiger partial charge in [0.2, 0.25) is 5.95 Å². The van der Waals surface area contributed by atoms with Gasteiger partial charge in [0.25, 0.3) is 10.2 Å². The van der Waals surface area contributed by atoms with Crippen molar-refractivity contribution in [2.75, 3.05) is 31.5 Å². The molecule has 2 aliphatic heterocycles. The third-order valence-corrected chi connectivity index (χ3v) is 8.31. The van der Waals surface area contributed by atoms with Crippen molar-refractivity contribution in [1.82, 2.24) is 28.4 Å². The molecule has 0 bridgehead atoms. The molecule has 0 saturated carbocycles. The van der Waals surface area contributed by atoms with E-state index in [1.54, 1.807) is 13.8 Å². The number of carbonyl (C=O) groups is 1. The maximum Gasteiger partial charge on any atom is 0.419 e. The maximum absolute atomic E-state index is 13.7. The Balaban J connectivity index is 1.46. The van der Waals surface area contributed by atoms with Gasteiger partial charge in [-0.2, -0.15) is 35.3 Å². The van der Waals surface area contributed by atoms with E-state index in [4.69, 9.17) is 0 Å². The third-order valence-electron chi connectivity index (χ3n) is 6.27. The fraction of sp³-hybridized carbons (Fsp3) is 0.636. The third kappa shape index (κ3) is 6.64. The van der Waals surface area contributed by atoms with Gasteiger partial charge in [0.05, 0.1) is 24.0 Å². The van der Waals surface area contributed by atoms with Crippen LogP contribution in [0.4, 0.5) is 19.1 Å². The molecule has 2 saturated heterocycles. The minimum Gasteiger partial charge on any atom is -0.389 e. The van der Waals surface area contributed by atoms with E-state index >= 15 is 0 Å². The second-order valence-corrected chi connectivity index (χ2v) is 11.9. The number of piperidine rings is 2. The number of alkyl halides is 3. The molecule has 2 aromatic rings. The predicted octanol–water partition coefficient (Wildman–Crippen LogP) is 1.92. The SMILES string of the molecule is CC(C)(O)Cn1cc(-c2nc(NC3CCN(S(=O)(=O)N4CCC(=O)CC4)CC3)ncc2C(F)(F)F)cn1. The molecule has 204 valence electrons. The van der Waals surface area contributed by atoms with E-state index in [9.17, 15) is 31.5 Å². The lowest BCUT2D eigenvalue weighted by atomic mass is 10.1. The first-order valence-corrected chi connectivity index (χ1v) is 13.3. The summed E-state index contributed by atoms with van der Waals surface area (Å²) in [6, 6.07) is -0.239. The van der Waals surface area contributed by atoms with Crippen molar-refractivity contribution in [1.29, 1.82) is 0 Å². The number of aliphatic hydroxyl groups is 1. The summed E-state index contributed by atoms with van der Waals surface area (Å²) in [5.41, 5.74) is -2.33. The van der Waals surface area contributed by atoms with Crippen molar-refractivity contribution in [3.63, 3.8) is 0 Å². The summed E-state index contributed by atoms with van der Waals surface area (Å²) in [7, 11) is -3.68. The lowest BCUT2D eigenvalue weighted by molar-refractivity contribution is -0.137. The number of halogens is 3. The number of nitrogens with zero attached hydrogens (tertiary/aromatic N) is 6. The number of Topliss-reactive ketones (excluding diaryl/α,β-unsaturated/α-hetero) is 1. The minimum absolute atomic E-state index is 0.00547. The molecule has 37 heavy (non-hydrogen) atoms. The van der Waals surface area contributed by atoms with Crippen molar-refractivity contribution < 1.29 is 31.5 Å². The van der Waals surface area contributed by atoms with Crippen LogP contribution in [0.15, 0.2) is 18.6 Å². The molecule has 0 amide bonds.